The summed E-state index contributed by atoms with van der Waals surface area (Å²) in [6, 6.07) is 4.86. The van der Waals surface area contributed by atoms with Crippen LogP contribution in [0, 0.1) is 18.3 Å². The number of amidine groups is 1. The number of carbonyl (C=O) groups excluding carboxylic acids is 1. The summed E-state index contributed by atoms with van der Waals surface area (Å²) in [5, 5.41) is 26.6. The molecule has 1 saturated carbocycles. The molecule has 0 unspecified atom stereocenters. The summed E-state index contributed by atoms with van der Waals surface area (Å²) < 4.78 is 10.7. The summed E-state index contributed by atoms with van der Waals surface area (Å²) in [7, 11) is 0. The Bertz CT molecular complexity index is 824. The fourth-order valence-electron chi connectivity index (χ4n) is 3.48. The number of hydrogen-bond donors (Lipinski definition) is 4. The first-order chi connectivity index (χ1) is 13.1. The fourth-order valence-corrected chi connectivity index (χ4v) is 4.85. The van der Waals surface area contributed by atoms with Gasteiger partial charge in [0.1, 0.15) is 6.10 Å². The van der Waals surface area contributed by atoms with Crippen LogP contribution in [0.5, 0.6) is 11.5 Å². The highest BCUT2D eigenvalue weighted by molar-refractivity contribution is 8.15. The van der Waals surface area contributed by atoms with Crippen LogP contribution >= 0.6 is 11.8 Å². The lowest BCUT2D eigenvalue weighted by Gasteiger charge is -2.37. The Balaban J connectivity index is 1.50. The Morgan fingerprint density at radius 2 is 2.19 bits per heavy atom. The van der Waals surface area contributed by atoms with Crippen molar-refractivity contribution in [3.05, 3.63) is 18.2 Å². The number of amides is 1. The fraction of sp³-hybridized carbons (Fsp3) is 0.444. The molecule has 3 aliphatic rings. The van der Waals surface area contributed by atoms with Gasteiger partial charge in [-0.05, 0) is 18.6 Å². The zero-order valence-corrected chi connectivity index (χ0v) is 15.1. The Kier molecular flexibility index (Phi) is 4.86. The minimum Gasteiger partial charge on any atom is -0.454 e. The Morgan fingerprint density at radius 1 is 1.37 bits per heavy atom. The summed E-state index contributed by atoms with van der Waals surface area (Å²) in [5.41, 5.74) is 0.757. The summed E-state index contributed by atoms with van der Waals surface area (Å²) in [6.07, 6.45) is 3.33. The smallest absolute Gasteiger partial charge is 0.231 e. The Hall–Kier alpha value is -2.41. The van der Waals surface area contributed by atoms with E-state index in [0.717, 1.165) is 5.69 Å². The first-order valence-electron chi connectivity index (χ1n) is 8.55. The molecule has 1 fully saturated rings. The second-order valence-electron chi connectivity index (χ2n) is 6.52. The van der Waals surface area contributed by atoms with Gasteiger partial charge in [0.15, 0.2) is 16.7 Å². The molecule has 4 N–H and O–H groups in total. The molecule has 1 aromatic carbocycles. The van der Waals surface area contributed by atoms with Crippen LogP contribution in [0.1, 0.15) is 6.42 Å². The van der Waals surface area contributed by atoms with E-state index < -0.39 is 24.2 Å². The number of ether oxygens (including phenoxy) is 2. The highest BCUT2D eigenvalue weighted by Crippen LogP contribution is 2.42. The van der Waals surface area contributed by atoms with Crippen molar-refractivity contribution in [1.29, 1.82) is 0 Å². The van der Waals surface area contributed by atoms with Gasteiger partial charge < -0.3 is 30.3 Å². The third kappa shape index (κ3) is 3.43. The number of rotatable bonds is 3. The number of thioether (sulfide) groups is 1. The molecule has 0 spiro atoms. The van der Waals surface area contributed by atoms with Gasteiger partial charge in [0, 0.05) is 17.0 Å². The molecule has 0 aromatic heterocycles. The molecular weight excluding hydrogens is 370 g/mol. The molecule has 0 bridgehead atoms. The highest BCUT2D eigenvalue weighted by Gasteiger charge is 2.50. The van der Waals surface area contributed by atoms with Crippen molar-refractivity contribution < 1.29 is 24.5 Å². The van der Waals surface area contributed by atoms with Crippen molar-refractivity contribution in [3.63, 3.8) is 0 Å². The van der Waals surface area contributed by atoms with Crippen molar-refractivity contribution in [1.82, 2.24) is 5.32 Å². The van der Waals surface area contributed by atoms with E-state index in [2.05, 4.69) is 21.5 Å². The molecule has 2 aliphatic heterocycles. The van der Waals surface area contributed by atoms with Crippen LogP contribution < -0.4 is 20.1 Å². The van der Waals surface area contributed by atoms with E-state index in [4.69, 9.17) is 15.9 Å². The number of fused-ring (bicyclic) bond motifs is 2. The van der Waals surface area contributed by atoms with E-state index in [1.165, 1.54) is 11.8 Å². The van der Waals surface area contributed by atoms with E-state index in [-0.39, 0.29) is 30.9 Å². The molecule has 0 saturated heterocycles. The van der Waals surface area contributed by atoms with Crippen molar-refractivity contribution in [3.8, 4) is 23.8 Å². The van der Waals surface area contributed by atoms with Crippen LogP contribution in [0.4, 0.5) is 5.69 Å². The van der Waals surface area contributed by atoms with Gasteiger partial charge in [-0.2, -0.15) is 0 Å². The molecule has 5 atom stereocenters. The monoisotopic (exact) mass is 389 g/mol. The van der Waals surface area contributed by atoms with Crippen molar-refractivity contribution in [2.45, 2.75) is 29.9 Å². The maximum Gasteiger partial charge on any atom is 0.231 e. The second kappa shape index (κ2) is 7.31. The topological polar surface area (TPSA) is 112 Å². The molecule has 2 heterocycles. The predicted molar refractivity (Wildman–Crippen MR) is 101 cm³/mol. The minimum absolute atomic E-state index is 0.124. The van der Waals surface area contributed by atoms with Gasteiger partial charge in [-0.3, -0.25) is 9.79 Å². The minimum atomic E-state index is -1.02. The quantitative estimate of drug-likeness (QED) is 0.545. The number of benzene rings is 1. The van der Waals surface area contributed by atoms with Gasteiger partial charge in [-0.1, -0.05) is 17.7 Å². The zero-order chi connectivity index (χ0) is 19.0. The molecule has 9 heteroatoms. The van der Waals surface area contributed by atoms with Crippen molar-refractivity contribution in [2.75, 3.05) is 18.7 Å². The molecule has 8 nitrogen and oxygen atoms in total. The maximum atomic E-state index is 12.4. The van der Waals surface area contributed by atoms with E-state index in [0.29, 0.717) is 16.7 Å². The van der Waals surface area contributed by atoms with Crippen LogP contribution in [0.2, 0.25) is 0 Å². The maximum absolute atomic E-state index is 12.4. The van der Waals surface area contributed by atoms with Crippen LogP contribution in [0.15, 0.2) is 23.2 Å². The highest BCUT2D eigenvalue weighted by atomic mass is 32.2. The third-order valence-electron chi connectivity index (χ3n) is 4.81. The Labute approximate surface area is 160 Å². The van der Waals surface area contributed by atoms with Crippen molar-refractivity contribution in [2.24, 2.45) is 10.9 Å². The van der Waals surface area contributed by atoms with Crippen molar-refractivity contribution >= 4 is 28.5 Å². The van der Waals surface area contributed by atoms with Gasteiger partial charge >= 0.3 is 0 Å². The number of aliphatic imine (C=N–C) groups is 1. The molecule has 27 heavy (non-hydrogen) atoms. The first-order valence-corrected chi connectivity index (χ1v) is 9.43. The van der Waals surface area contributed by atoms with E-state index in [1.54, 1.807) is 12.1 Å². The first kappa shape index (κ1) is 18.0. The third-order valence-corrected chi connectivity index (χ3v) is 6.12. The molecule has 1 aromatic rings. The predicted octanol–water partition coefficient (Wildman–Crippen LogP) is 0.158. The van der Waals surface area contributed by atoms with Gasteiger partial charge in [0.05, 0.1) is 24.6 Å². The van der Waals surface area contributed by atoms with Crippen LogP contribution in [-0.4, -0.2) is 58.1 Å². The molecule has 142 valence electrons. The van der Waals surface area contributed by atoms with Gasteiger partial charge in [0.25, 0.3) is 0 Å². The number of terminal acetylenes is 1. The zero-order valence-electron chi connectivity index (χ0n) is 14.3. The number of aliphatic hydroxyl groups excluding tert-OH is 2. The van der Waals surface area contributed by atoms with E-state index >= 15 is 0 Å². The number of nitrogens with zero attached hydrogens (tertiary/aromatic N) is 1. The van der Waals surface area contributed by atoms with E-state index in [1.807, 2.05) is 6.07 Å². The summed E-state index contributed by atoms with van der Waals surface area (Å²) in [6.45, 7) is 0.316. The lowest BCUT2D eigenvalue weighted by Crippen LogP contribution is -2.54. The van der Waals surface area contributed by atoms with E-state index in [9.17, 15) is 15.0 Å². The summed E-state index contributed by atoms with van der Waals surface area (Å²) >= 11 is 1.38. The largest absolute Gasteiger partial charge is 0.454 e. The number of hydrogen-bond acceptors (Lipinski definition) is 8. The average molecular weight is 389 g/mol. The van der Waals surface area contributed by atoms with Crippen LogP contribution in [0.3, 0.4) is 0 Å². The number of anilines is 1. The van der Waals surface area contributed by atoms with Gasteiger partial charge in [-0.15, -0.1) is 6.42 Å². The standard InChI is InChI=1S/C18H19N3O5S/c1-2-5-19-17(24)10-7-11(22)15(23)14-16(10)27-18(21-14)20-9-3-4-12-13(6-9)26-8-25-12/h1,3-4,6,10-11,14-16,22-23H,5,7-8H2,(H,19,24)(H,20,21)/t10-,11-,14-,15+,16-/m1/s1. The molecule has 1 amide bonds. The van der Waals surface area contributed by atoms with Gasteiger partial charge in [-0.25, -0.2) is 0 Å². The normalized spacial score (nSPS) is 30.9. The molecule has 4 rings (SSSR count). The number of aliphatic hydroxyl groups is 2. The second-order valence-corrected chi connectivity index (χ2v) is 7.69. The number of nitrogens with one attached hydrogen (secondary N) is 2. The SMILES string of the molecule is C#CCNC(=O)[C@@H]1C[C@@H](O)[C@H](O)[C@H]2N=C(Nc3ccc4c(c3)OCO4)S[C@@H]21. The Morgan fingerprint density at radius 3 is 3.00 bits per heavy atom. The average Bonchev–Trinajstić information content (AvgIpc) is 3.29. The molecular formula is C18H19N3O5S. The summed E-state index contributed by atoms with van der Waals surface area (Å²) in [4.78, 5) is 16.9. The lowest BCUT2D eigenvalue weighted by atomic mass is 9.81. The molecule has 1 aliphatic carbocycles. The number of carbonyl (C=O) groups is 1. The molecule has 0 radical (unpaired) electrons. The summed E-state index contributed by atoms with van der Waals surface area (Å²) in [5.74, 6) is 2.96. The van der Waals surface area contributed by atoms with Crippen LogP contribution in [0.25, 0.3) is 0 Å². The van der Waals surface area contributed by atoms with Gasteiger partial charge in [0.2, 0.25) is 12.7 Å². The lowest BCUT2D eigenvalue weighted by molar-refractivity contribution is -0.129. The van der Waals surface area contributed by atoms with Crippen LogP contribution in [-0.2, 0) is 4.79 Å².